The first-order valence-electron chi connectivity index (χ1n) is 19.3. The van der Waals surface area contributed by atoms with Crippen LogP contribution in [0.4, 0.5) is 11.6 Å². The molecule has 0 amide bonds. The van der Waals surface area contributed by atoms with E-state index < -0.39 is 5.97 Å². The van der Waals surface area contributed by atoms with Gasteiger partial charge in [0.15, 0.2) is 17.4 Å². The molecule has 5 N–H and O–H groups in total. The molecular formula is C42H59N9O5. The molecule has 0 saturated heterocycles. The number of nitrogens with two attached hydrogens (primary N) is 1. The highest BCUT2D eigenvalue weighted by Gasteiger charge is 2.27. The van der Waals surface area contributed by atoms with Crippen LogP contribution in [-0.2, 0) is 35.3 Å². The Hall–Kier alpha value is -4.92. The molecule has 0 bridgehead atoms. The number of pyridine rings is 2. The molecule has 2 aliphatic carbocycles. The highest BCUT2D eigenvalue weighted by Crippen LogP contribution is 2.32. The molecule has 4 aromatic heterocycles. The second kappa shape index (κ2) is 19.8. The van der Waals surface area contributed by atoms with Crippen LogP contribution in [0.2, 0.25) is 0 Å². The summed E-state index contributed by atoms with van der Waals surface area (Å²) in [7, 11) is 3.67. The number of nitrogens with zero attached hydrogens (tertiary/aromatic N) is 8. The first-order chi connectivity index (χ1) is 26.5. The number of aliphatic hydroxyl groups is 2. The first kappa shape index (κ1) is 43.8. The highest BCUT2D eigenvalue weighted by atomic mass is 16.4. The monoisotopic (exact) mass is 769 g/mol. The molecule has 0 unspecified atom stereocenters. The van der Waals surface area contributed by atoms with Crippen LogP contribution in [0.1, 0.15) is 87.9 Å². The minimum absolute atomic E-state index is 0.0792. The van der Waals surface area contributed by atoms with Crippen LogP contribution < -0.4 is 15.5 Å². The number of aryl methyl sites for hydroxylation is 3. The molecule has 14 nitrogen and oxygen atoms in total. The van der Waals surface area contributed by atoms with Gasteiger partial charge >= 0.3 is 5.97 Å². The van der Waals surface area contributed by atoms with Crippen LogP contribution in [0.25, 0.3) is 23.0 Å². The van der Waals surface area contributed by atoms with Crippen molar-refractivity contribution in [3.05, 3.63) is 70.8 Å². The van der Waals surface area contributed by atoms with Crippen molar-refractivity contribution in [2.24, 2.45) is 11.1 Å². The Morgan fingerprint density at radius 3 is 1.79 bits per heavy atom. The Labute approximate surface area is 330 Å². The zero-order valence-electron chi connectivity index (χ0n) is 34.0. The summed E-state index contributed by atoms with van der Waals surface area (Å²) < 4.78 is 0. The first-order valence-corrected chi connectivity index (χ1v) is 19.3. The molecule has 0 aliphatic heterocycles. The van der Waals surface area contributed by atoms with Crippen molar-refractivity contribution in [2.75, 3.05) is 50.2 Å². The van der Waals surface area contributed by atoms with E-state index in [0.29, 0.717) is 43.3 Å². The lowest BCUT2D eigenvalue weighted by Crippen LogP contribution is -2.32. The smallest absolute Gasteiger partial charge is 0.323 e. The average Bonchev–Trinajstić information content (AvgIpc) is 3.80. The van der Waals surface area contributed by atoms with Gasteiger partial charge in [-0.3, -0.25) is 19.6 Å². The maximum absolute atomic E-state index is 12.6. The van der Waals surface area contributed by atoms with Crippen molar-refractivity contribution in [1.82, 2.24) is 29.9 Å². The second-order valence-corrected chi connectivity index (χ2v) is 16.2. The van der Waals surface area contributed by atoms with Gasteiger partial charge < -0.3 is 30.9 Å². The Kier molecular flexibility index (Phi) is 15.5. The van der Waals surface area contributed by atoms with Crippen molar-refractivity contribution in [3.63, 3.8) is 0 Å². The minimum atomic E-state index is -0.872. The third-order valence-electron chi connectivity index (χ3n) is 9.59. The fourth-order valence-corrected chi connectivity index (χ4v) is 6.73. The van der Waals surface area contributed by atoms with Gasteiger partial charge in [-0.2, -0.15) is 0 Å². The molecule has 0 fully saturated rings. The number of carboxylic acid groups (broad SMARTS) is 1. The molecule has 0 spiro atoms. The van der Waals surface area contributed by atoms with Crippen molar-refractivity contribution in [3.8, 4) is 23.0 Å². The number of fused-ring (bicyclic) bond motifs is 2. The largest absolute Gasteiger partial charge is 0.480 e. The van der Waals surface area contributed by atoms with E-state index in [1.54, 1.807) is 24.3 Å². The Balaban J connectivity index is 0.000000216. The maximum Gasteiger partial charge on any atom is 0.323 e. The number of Topliss-reactive ketones (excluding diaryl/α,β-unsaturated/α-hetero) is 1. The zero-order chi connectivity index (χ0) is 41.0. The number of likely N-dealkylation sites (N-methyl/N-ethyl adjacent to an activating group) is 2. The van der Waals surface area contributed by atoms with E-state index in [-0.39, 0.29) is 36.5 Å². The van der Waals surface area contributed by atoms with Gasteiger partial charge in [-0.1, -0.05) is 19.9 Å². The molecule has 0 saturated carbocycles. The van der Waals surface area contributed by atoms with E-state index >= 15 is 0 Å². The Bertz CT molecular complexity index is 1930. The summed E-state index contributed by atoms with van der Waals surface area (Å²) in [6.45, 7) is 10.3. The van der Waals surface area contributed by atoms with E-state index in [9.17, 15) is 14.7 Å². The molecule has 6 rings (SSSR count). The molecule has 302 valence electrons. The molecule has 0 radical (unpaired) electrons. The van der Waals surface area contributed by atoms with Gasteiger partial charge in [0, 0.05) is 74.2 Å². The standard InChI is InChI=1S/C21H28N4O2.C16H18N4O2.C5H13NO/c1-21(2,10-12-26)13-15(27)14-25(3)20-16-7-6-9-17(16)23-19(24-20)18-8-4-5-11-22-18;1-10-6-7-17-13(8-10)15-18-12-5-3-4-11(12)16(19-15)20(2)9-14(21)22;1-5(2,6)3-4-7/h4-5,8,11,26H,6-7,9-10,12-14H2,1-3H3;6-8H,3-5,9H2,1-2H3,(H,21,22);7H,3-4,6H2,1-2H3. The number of hydrogen-bond acceptors (Lipinski definition) is 13. The zero-order valence-corrected chi connectivity index (χ0v) is 34.0. The fraction of sp³-hybridized carbons (Fsp3) is 0.524. The van der Waals surface area contributed by atoms with Crippen LogP contribution >= 0.6 is 0 Å². The van der Waals surface area contributed by atoms with Crippen LogP contribution in [0.3, 0.4) is 0 Å². The number of carbonyl (C=O) groups excluding carboxylic acids is 1. The molecule has 2 aliphatic rings. The van der Waals surface area contributed by atoms with Crippen molar-refractivity contribution >= 4 is 23.4 Å². The predicted octanol–water partition coefficient (Wildman–Crippen LogP) is 4.79. The molecule has 56 heavy (non-hydrogen) atoms. The summed E-state index contributed by atoms with van der Waals surface area (Å²) in [5.74, 6) is 2.02. The van der Waals surface area contributed by atoms with E-state index in [0.717, 1.165) is 83.8 Å². The number of carbonyl (C=O) groups is 2. The van der Waals surface area contributed by atoms with Gasteiger partial charge in [0.05, 0.1) is 6.54 Å². The Morgan fingerprint density at radius 2 is 1.30 bits per heavy atom. The number of hydrogen-bond donors (Lipinski definition) is 4. The van der Waals surface area contributed by atoms with E-state index in [1.807, 2.05) is 76.9 Å². The summed E-state index contributed by atoms with van der Waals surface area (Å²) >= 11 is 0. The quantitative estimate of drug-likeness (QED) is 0.136. The van der Waals surface area contributed by atoms with Gasteiger partial charge in [-0.05, 0) is 107 Å². The fourth-order valence-electron chi connectivity index (χ4n) is 6.73. The van der Waals surface area contributed by atoms with Crippen LogP contribution in [0.5, 0.6) is 0 Å². The number of aliphatic carboxylic acids is 1. The SMILES string of the molecule is CC(C)(N)CCO.CN(CC(=O)CC(C)(C)CCO)c1nc(-c2ccccn2)nc2c1CCC2.Cc1ccnc(-c2nc3c(c(N(C)CC(=O)O)n2)CCC3)c1. The van der Waals surface area contributed by atoms with Gasteiger partial charge in [0.25, 0.3) is 0 Å². The van der Waals surface area contributed by atoms with Crippen molar-refractivity contribution in [1.29, 1.82) is 0 Å². The minimum Gasteiger partial charge on any atom is -0.480 e. The molecule has 14 heteroatoms. The molecule has 4 heterocycles. The van der Waals surface area contributed by atoms with Crippen LogP contribution in [-0.4, -0.2) is 103 Å². The van der Waals surface area contributed by atoms with E-state index in [2.05, 4.69) is 19.9 Å². The van der Waals surface area contributed by atoms with Gasteiger partial charge in [-0.15, -0.1) is 0 Å². The van der Waals surface area contributed by atoms with E-state index in [4.69, 9.17) is 25.9 Å². The number of aromatic nitrogens is 6. The maximum atomic E-state index is 12.6. The van der Waals surface area contributed by atoms with Crippen LogP contribution in [0.15, 0.2) is 42.7 Å². The number of anilines is 2. The van der Waals surface area contributed by atoms with Gasteiger partial charge in [-0.25, -0.2) is 19.9 Å². The molecule has 0 atom stereocenters. The number of carboxylic acids is 1. The number of aliphatic hydroxyl groups excluding tert-OH is 2. The number of ketones is 1. The summed E-state index contributed by atoms with van der Waals surface area (Å²) in [6.07, 6.45) is 11.0. The number of rotatable bonds is 14. The summed E-state index contributed by atoms with van der Waals surface area (Å²) in [5.41, 5.74) is 12.0. The molecule has 4 aromatic rings. The van der Waals surface area contributed by atoms with Crippen LogP contribution in [0, 0.1) is 12.3 Å². The topological polar surface area (TPSA) is 205 Å². The van der Waals surface area contributed by atoms with Crippen molar-refractivity contribution < 1.29 is 24.9 Å². The second-order valence-electron chi connectivity index (χ2n) is 16.2. The third-order valence-corrected chi connectivity index (χ3v) is 9.59. The average molecular weight is 770 g/mol. The highest BCUT2D eigenvalue weighted by molar-refractivity contribution is 5.84. The molecular weight excluding hydrogens is 711 g/mol. The summed E-state index contributed by atoms with van der Waals surface area (Å²) in [5, 5.41) is 26.5. The lowest BCUT2D eigenvalue weighted by molar-refractivity contribution is -0.135. The summed E-state index contributed by atoms with van der Waals surface area (Å²) in [6, 6.07) is 9.57. The molecule has 0 aromatic carbocycles. The third kappa shape index (κ3) is 12.8. The lowest BCUT2D eigenvalue weighted by atomic mass is 9.84. The normalized spacial score (nSPS) is 13.1. The van der Waals surface area contributed by atoms with Gasteiger partial charge in [0.1, 0.15) is 29.6 Å². The summed E-state index contributed by atoms with van der Waals surface area (Å²) in [4.78, 5) is 54.6. The van der Waals surface area contributed by atoms with Crippen molar-refractivity contribution in [2.45, 2.75) is 97.9 Å². The van der Waals surface area contributed by atoms with Gasteiger partial charge in [0.2, 0.25) is 0 Å². The van der Waals surface area contributed by atoms with E-state index in [1.165, 1.54) is 0 Å². The Morgan fingerprint density at radius 1 is 0.750 bits per heavy atom. The predicted molar refractivity (Wildman–Crippen MR) is 219 cm³/mol. The lowest BCUT2D eigenvalue weighted by Gasteiger charge is -2.25.